The third kappa shape index (κ3) is 22.7. The topological polar surface area (TPSA) is 9.23 Å². The monoisotopic (exact) mass is 190 g/mol. The van der Waals surface area contributed by atoms with E-state index in [1.54, 1.807) is 0 Å². The van der Waals surface area contributed by atoms with Crippen LogP contribution in [0.5, 0.6) is 0 Å². The molecule has 0 fully saturated rings. The summed E-state index contributed by atoms with van der Waals surface area (Å²) in [7, 11) is 0. The van der Waals surface area contributed by atoms with Gasteiger partial charge in [-0.15, -0.1) is 11.6 Å². The van der Waals surface area contributed by atoms with E-state index >= 15 is 0 Å². The highest BCUT2D eigenvalue weighted by molar-refractivity contribution is 6.19. The summed E-state index contributed by atoms with van der Waals surface area (Å²) >= 11 is 5.24. The summed E-state index contributed by atoms with van der Waals surface area (Å²) in [5.74, 6) is 1.19. The summed E-state index contributed by atoms with van der Waals surface area (Å²) < 4.78 is 4.86. The molecule has 0 atom stereocenters. The molecule has 2 heteroatoms. The predicted octanol–water partition coefficient (Wildman–Crippen LogP) is 3.60. The molecule has 0 aromatic carbocycles. The van der Waals surface area contributed by atoms with E-state index in [2.05, 4.69) is 27.0 Å². The smallest absolute Gasteiger partial charge is 0.0895 e. The predicted molar refractivity (Wildman–Crippen MR) is 56.5 cm³/mol. The van der Waals surface area contributed by atoms with E-state index in [9.17, 15) is 0 Å². The third-order valence-electron chi connectivity index (χ3n) is 0.776. The molecule has 0 unspecified atom stereocenters. The molecule has 1 nitrogen and oxygen atoms in total. The number of ether oxygens (including phenoxy) is 1. The lowest BCUT2D eigenvalue weighted by Crippen LogP contribution is -1.95. The second-order valence-electron chi connectivity index (χ2n) is 2.98. The average Bonchev–Trinajstić information content (AvgIpc) is 2.02. The number of rotatable bonds is 4. The molecule has 0 N–H and O–H groups in total. The minimum atomic E-state index is 0.583. The van der Waals surface area contributed by atoms with Gasteiger partial charge in [0.05, 0.1) is 12.9 Å². The molecule has 0 spiro atoms. The van der Waals surface area contributed by atoms with Gasteiger partial charge < -0.3 is 4.74 Å². The highest BCUT2D eigenvalue weighted by atomic mass is 35.5. The van der Waals surface area contributed by atoms with Crippen LogP contribution < -0.4 is 0 Å². The Hall–Kier alpha value is -0.430. The van der Waals surface area contributed by atoms with E-state index in [0.717, 1.165) is 12.2 Å². The van der Waals surface area contributed by atoms with Gasteiger partial charge in [0.15, 0.2) is 0 Å². The van der Waals surface area contributed by atoms with Crippen molar-refractivity contribution in [2.45, 2.75) is 20.8 Å². The summed E-state index contributed by atoms with van der Waals surface area (Å²) in [5, 5.41) is 0. The van der Waals surface area contributed by atoms with Crippen LogP contribution >= 0.6 is 11.6 Å². The van der Waals surface area contributed by atoms with Crippen molar-refractivity contribution in [3.05, 3.63) is 25.0 Å². The van der Waals surface area contributed by atoms with Crippen LogP contribution in [0.2, 0.25) is 0 Å². The molecule has 0 aliphatic rings. The Kier molecular flexibility index (Phi) is 12.4. The van der Waals surface area contributed by atoms with E-state index in [-0.39, 0.29) is 0 Å². The maximum atomic E-state index is 5.24. The SMILES string of the molecule is C=C(C)CCl.C=COCC(C)C. The van der Waals surface area contributed by atoms with Crippen molar-refractivity contribution in [2.75, 3.05) is 12.5 Å². The van der Waals surface area contributed by atoms with Gasteiger partial charge in [-0.05, 0) is 12.8 Å². The quantitative estimate of drug-likeness (QED) is 0.374. The minimum Gasteiger partial charge on any atom is -0.502 e. The van der Waals surface area contributed by atoms with Gasteiger partial charge in [-0.2, -0.15) is 0 Å². The van der Waals surface area contributed by atoms with Crippen molar-refractivity contribution in [1.82, 2.24) is 0 Å². The van der Waals surface area contributed by atoms with Crippen LogP contribution in [0.15, 0.2) is 25.0 Å². The Balaban J connectivity index is 0. The third-order valence-corrected chi connectivity index (χ3v) is 1.23. The summed E-state index contributed by atoms with van der Waals surface area (Å²) in [6.45, 7) is 13.8. The molecule has 0 aromatic rings. The van der Waals surface area contributed by atoms with E-state index in [1.807, 2.05) is 6.92 Å². The van der Waals surface area contributed by atoms with Crippen LogP contribution in [0.4, 0.5) is 0 Å². The Morgan fingerprint density at radius 1 is 1.58 bits per heavy atom. The molecule has 12 heavy (non-hydrogen) atoms. The van der Waals surface area contributed by atoms with Crippen LogP contribution in [-0.2, 0) is 4.74 Å². The average molecular weight is 191 g/mol. The van der Waals surface area contributed by atoms with E-state index in [1.165, 1.54) is 6.26 Å². The zero-order chi connectivity index (χ0) is 9.98. The molecular formula is C10H19ClO. The van der Waals surface area contributed by atoms with E-state index in [0.29, 0.717) is 11.8 Å². The van der Waals surface area contributed by atoms with Gasteiger partial charge in [0.25, 0.3) is 0 Å². The second kappa shape index (κ2) is 10.6. The fraction of sp³-hybridized carbons (Fsp3) is 0.600. The second-order valence-corrected chi connectivity index (χ2v) is 3.25. The highest BCUT2D eigenvalue weighted by Crippen LogP contribution is 1.90. The number of halogens is 1. The minimum absolute atomic E-state index is 0.583. The first-order chi connectivity index (χ1) is 5.54. The lowest BCUT2D eigenvalue weighted by Gasteiger charge is -2.00. The molecular weight excluding hydrogens is 172 g/mol. The molecule has 0 saturated carbocycles. The van der Waals surface area contributed by atoms with Gasteiger partial charge in [-0.1, -0.05) is 32.6 Å². The van der Waals surface area contributed by atoms with Gasteiger partial charge in [0.2, 0.25) is 0 Å². The maximum Gasteiger partial charge on any atom is 0.0895 e. The molecule has 0 heterocycles. The number of hydrogen-bond acceptors (Lipinski definition) is 1. The molecule has 0 radical (unpaired) electrons. The lowest BCUT2D eigenvalue weighted by molar-refractivity contribution is 0.212. The molecule has 0 rings (SSSR count). The van der Waals surface area contributed by atoms with Crippen molar-refractivity contribution < 1.29 is 4.74 Å². The number of alkyl halides is 1. The van der Waals surface area contributed by atoms with Crippen LogP contribution in [0.3, 0.4) is 0 Å². The first kappa shape index (κ1) is 14.1. The summed E-state index contributed by atoms with van der Waals surface area (Å²) in [6, 6.07) is 0. The van der Waals surface area contributed by atoms with Gasteiger partial charge in [0.1, 0.15) is 0 Å². The normalized spacial score (nSPS) is 8.42. The van der Waals surface area contributed by atoms with Gasteiger partial charge in [-0.25, -0.2) is 0 Å². The summed E-state index contributed by atoms with van der Waals surface area (Å²) in [5.41, 5.74) is 1.02. The van der Waals surface area contributed by atoms with Crippen molar-refractivity contribution in [3.63, 3.8) is 0 Å². The zero-order valence-corrected chi connectivity index (χ0v) is 9.03. The Bertz CT molecular complexity index is 119. The van der Waals surface area contributed by atoms with Crippen molar-refractivity contribution in [2.24, 2.45) is 5.92 Å². The van der Waals surface area contributed by atoms with Crippen LogP contribution in [-0.4, -0.2) is 12.5 Å². The first-order valence-electron chi connectivity index (χ1n) is 3.97. The van der Waals surface area contributed by atoms with Gasteiger partial charge in [0, 0.05) is 5.88 Å². The summed E-state index contributed by atoms with van der Waals surface area (Å²) in [4.78, 5) is 0. The molecule has 0 aromatic heterocycles. The molecule has 0 saturated heterocycles. The van der Waals surface area contributed by atoms with Crippen LogP contribution in [0, 0.1) is 5.92 Å². The molecule has 0 bridgehead atoms. The standard InChI is InChI=1S/C6H12O.C4H7Cl/c1-4-7-5-6(2)3;1-4(2)3-5/h4,6H,1,5H2,2-3H3;1,3H2,2H3. The van der Waals surface area contributed by atoms with Crippen molar-refractivity contribution in [1.29, 1.82) is 0 Å². The van der Waals surface area contributed by atoms with Crippen molar-refractivity contribution >= 4 is 11.6 Å². The molecule has 72 valence electrons. The van der Waals surface area contributed by atoms with E-state index in [4.69, 9.17) is 16.3 Å². The molecule has 0 aliphatic heterocycles. The van der Waals surface area contributed by atoms with Gasteiger partial charge in [-0.3, -0.25) is 0 Å². The number of hydrogen-bond donors (Lipinski definition) is 0. The number of allylic oxidation sites excluding steroid dienone is 1. The Morgan fingerprint density at radius 3 is 2.08 bits per heavy atom. The zero-order valence-electron chi connectivity index (χ0n) is 8.27. The lowest BCUT2D eigenvalue weighted by atomic mass is 10.2. The van der Waals surface area contributed by atoms with Crippen LogP contribution in [0.25, 0.3) is 0 Å². The van der Waals surface area contributed by atoms with E-state index < -0.39 is 0 Å². The highest BCUT2D eigenvalue weighted by Gasteiger charge is 1.87. The van der Waals surface area contributed by atoms with Gasteiger partial charge >= 0.3 is 0 Å². The first-order valence-corrected chi connectivity index (χ1v) is 4.50. The maximum absolute atomic E-state index is 5.24. The fourth-order valence-corrected chi connectivity index (χ4v) is 0.260. The largest absolute Gasteiger partial charge is 0.502 e. The summed E-state index contributed by atoms with van der Waals surface area (Å²) in [6.07, 6.45) is 1.47. The van der Waals surface area contributed by atoms with Crippen LogP contribution in [0.1, 0.15) is 20.8 Å². The Morgan fingerprint density at radius 2 is 2.00 bits per heavy atom. The molecule has 0 aliphatic carbocycles. The van der Waals surface area contributed by atoms with Crippen molar-refractivity contribution in [3.8, 4) is 0 Å². The fourth-order valence-electron chi connectivity index (χ4n) is 0.260. The molecule has 0 amide bonds. The Labute approximate surface area is 81.1 Å².